The predicted octanol–water partition coefficient (Wildman–Crippen LogP) is 3.65. The second-order valence-electron chi connectivity index (χ2n) is 12.9. The molecule has 2 fully saturated rings. The van der Waals surface area contributed by atoms with E-state index in [0.29, 0.717) is 63.4 Å². The zero-order valence-electron chi connectivity index (χ0n) is 37.9. The van der Waals surface area contributed by atoms with Gasteiger partial charge in [0.15, 0.2) is 0 Å². The van der Waals surface area contributed by atoms with Gasteiger partial charge in [-0.25, -0.2) is 14.8 Å². The van der Waals surface area contributed by atoms with Crippen molar-refractivity contribution in [2.75, 3.05) is 49.1 Å². The van der Waals surface area contributed by atoms with E-state index in [1.165, 1.54) is 12.1 Å². The third kappa shape index (κ3) is 8.69. The predicted molar refractivity (Wildman–Crippen MR) is 206 cm³/mol. The summed E-state index contributed by atoms with van der Waals surface area (Å²) in [4.78, 5) is 34.9. The summed E-state index contributed by atoms with van der Waals surface area (Å²) >= 11 is 0. The smallest absolute Gasteiger partial charge is 0.870 e. The van der Waals surface area contributed by atoms with E-state index in [1.807, 2.05) is 81.9 Å². The summed E-state index contributed by atoms with van der Waals surface area (Å²) < 4.78 is 72.8. The van der Waals surface area contributed by atoms with Gasteiger partial charge in [-0.05, 0) is 98.8 Å². The molecule has 3 aromatic carbocycles. The Labute approximate surface area is 347 Å². The fourth-order valence-electron chi connectivity index (χ4n) is 6.82. The van der Waals surface area contributed by atoms with Gasteiger partial charge in [0, 0.05) is 50.6 Å². The maximum atomic E-state index is 12.3. The first-order valence-electron chi connectivity index (χ1n) is 21.5. The molecule has 2 aliphatic rings. The van der Waals surface area contributed by atoms with E-state index in [9.17, 15) is 9.90 Å². The molecule has 12 nitrogen and oxygen atoms in total. The van der Waals surface area contributed by atoms with Gasteiger partial charge in [-0.3, -0.25) is 8.80 Å². The second-order valence-corrected chi connectivity index (χ2v) is 12.9. The number of hydrogen-bond donors (Lipinski definition) is 1. The van der Waals surface area contributed by atoms with Crippen LogP contribution in [0.4, 0.5) is 11.6 Å². The zero-order chi connectivity index (χ0) is 42.5. The van der Waals surface area contributed by atoms with E-state index < -0.39 is 43.7 Å². The summed E-state index contributed by atoms with van der Waals surface area (Å²) in [6.07, 6.45) is 0.966. The number of aromatic nitrogens is 6. The summed E-state index contributed by atoms with van der Waals surface area (Å²) in [7, 11) is 0. The van der Waals surface area contributed by atoms with Gasteiger partial charge in [-0.15, -0.1) is 0 Å². The van der Waals surface area contributed by atoms with Crippen LogP contribution in [-0.2, 0) is 4.74 Å². The van der Waals surface area contributed by atoms with E-state index in [0.717, 1.165) is 33.7 Å². The van der Waals surface area contributed by atoms with Crippen LogP contribution in [-0.4, -0.2) is 84.6 Å². The van der Waals surface area contributed by atoms with E-state index in [2.05, 4.69) is 29.7 Å². The van der Waals surface area contributed by atoms with E-state index in [1.54, 1.807) is 18.2 Å². The molecular formula is C41H45N8NaO4. The number of anilines is 2. The van der Waals surface area contributed by atoms with Gasteiger partial charge in [0.2, 0.25) is 11.6 Å². The molecule has 0 spiro atoms. The zero-order valence-corrected chi connectivity index (χ0v) is 31.9. The number of carbonyl (C=O) groups excluding carboxylic acids is 1. The average molecular weight is 745 g/mol. The molecular weight excluding hydrogens is 691 g/mol. The van der Waals surface area contributed by atoms with Crippen molar-refractivity contribution in [3.63, 3.8) is 0 Å². The largest absolute Gasteiger partial charge is 1.00 e. The van der Waals surface area contributed by atoms with Crippen LogP contribution in [0.1, 0.15) is 59.8 Å². The van der Waals surface area contributed by atoms with E-state index in [-0.39, 0.29) is 40.6 Å². The molecule has 9 rings (SSSR count). The van der Waals surface area contributed by atoms with Crippen LogP contribution in [0.25, 0.3) is 33.6 Å². The first-order chi connectivity index (χ1) is 28.5. The number of esters is 1. The van der Waals surface area contributed by atoms with Crippen molar-refractivity contribution in [3.8, 4) is 0 Å². The number of carbonyl (C=O) groups is 1. The van der Waals surface area contributed by atoms with Gasteiger partial charge < -0.3 is 25.1 Å². The van der Waals surface area contributed by atoms with Crippen LogP contribution in [0, 0.1) is 11.8 Å². The Bertz CT molecular complexity index is 2650. The van der Waals surface area contributed by atoms with Crippen LogP contribution < -0.4 is 39.4 Å². The van der Waals surface area contributed by atoms with Crippen molar-refractivity contribution in [3.05, 3.63) is 109 Å². The van der Waals surface area contributed by atoms with Gasteiger partial charge in [0.05, 0.1) is 39.7 Å². The third-order valence-electron chi connectivity index (χ3n) is 9.65. The summed E-state index contributed by atoms with van der Waals surface area (Å²) in [5.74, 6) is 0.723. The van der Waals surface area contributed by atoms with Crippen molar-refractivity contribution < 1.29 is 60.6 Å². The summed E-state index contributed by atoms with van der Waals surface area (Å²) in [6, 6.07) is 27.5. The number of imidazole rings is 2. The molecule has 0 bridgehead atoms. The Morgan fingerprint density at radius 3 is 1.63 bits per heavy atom. The molecule has 6 heterocycles. The minimum absolute atomic E-state index is 0. The maximum absolute atomic E-state index is 12.3. The molecule has 2 saturated heterocycles. The van der Waals surface area contributed by atoms with Gasteiger partial charge >= 0.3 is 35.5 Å². The van der Waals surface area contributed by atoms with Gasteiger partial charge in [-0.2, -0.15) is 9.97 Å². The Balaban J connectivity index is 0.000000207. The molecule has 274 valence electrons. The average Bonchev–Trinajstić information content (AvgIpc) is 3.81. The Morgan fingerprint density at radius 1 is 0.667 bits per heavy atom. The van der Waals surface area contributed by atoms with Crippen molar-refractivity contribution in [1.29, 1.82) is 0 Å². The monoisotopic (exact) mass is 744 g/mol. The van der Waals surface area contributed by atoms with Crippen LogP contribution in [0.15, 0.2) is 103 Å². The van der Waals surface area contributed by atoms with Gasteiger partial charge in [0.25, 0.3) is 0 Å². The molecule has 0 saturated carbocycles. The second kappa shape index (κ2) is 18.2. The molecule has 0 atom stereocenters. The van der Waals surface area contributed by atoms with Gasteiger partial charge in [-0.1, -0.05) is 42.5 Å². The Kier molecular flexibility index (Phi) is 10.00. The third-order valence-corrected chi connectivity index (χ3v) is 9.65. The van der Waals surface area contributed by atoms with Crippen molar-refractivity contribution >= 4 is 51.2 Å². The molecule has 2 aliphatic heterocycles. The number of rotatable bonds is 8. The van der Waals surface area contributed by atoms with Crippen molar-refractivity contribution in [2.45, 2.75) is 38.4 Å². The number of hydrogen-bond acceptors (Lipinski definition) is 10. The van der Waals surface area contributed by atoms with Crippen molar-refractivity contribution in [1.82, 2.24) is 28.7 Å². The molecule has 0 aliphatic carbocycles. The SMILES string of the molecule is [2H]C([2H])(O)C([2H])([2H])C1CCN(c2ccn3c(n2)nc2ccccc23)CC1.[2H]C([2H])(OC(=O)c1ccccc1)C([2H])([2H])C1CCN(c2ccn3c(n2)nc2ccccc23)CC1.[Na+].[OH-]. The van der Waals surface area contributed by atoms with Crippen LogP contribution in [0.5, 0.6) is 0 Å². The van der Waals surface area contributed by atoms with Crippen LogP contribution >= 0.6 is 0 Å². The summed E-state index contributed by atoms with van der Waals surface area (Å²) in [6.45, 7) is -3.47. The number of nitrogens with zero attached hydrogens (tertiary/aromatic N) is 8. The fourth-order valence-corrected chi connectivity index (χ4v) is 6.82. The maximum Gasteiger partial charge on any atom is 1.00 e. The summed E-state index contributed by atoms with van der Waals surface area (Å²) in [5, 5.41) is 9.49. The minimum Gasteiger partial charge on any atom is -0.870 e. The number of aliphatic hydroxyl groups is 1. The van der Waals surface area contributed by atoms with Crippen LogP contribution in [0.2, 0.25) is 0 Å². The van der Waals surface area contributed by atoms with Gasteiger partial charge in [0.1, 0.15) is 11.6 Å². The molecule has 54 heavy (non-hydrogen) atoms. The molecule has 0 unspecified atom stereocenters. The molecule has 0 radical (unpaired) electrons. The topological polar surface area (TPSA) is 143 Å². The number of benzene rings is 3. The fraction of sp³-hybridized carbons (Fsp3) is 0.341. The molecule has 4 aromatic heterocycles. The molecule has 7 aromatic rings. The quantitative estimate of drug-likeness (QED) is 0.181. The number of piperidine rings is 2. The summed E-state index contributed by atoms with van der Waals surface area (Å²) in [5.41, 5.74) is 3.92. The van der Waals surface area contributed by atoms with E-state index in [4.69, 9.17) is 15.7 Å². The molecule has 2 N–H and O–H groups in total. The molecule has 0 amide bonds. The molecule has 13 heteroatoms. The minimum atomic E-state index is -2.84. The van der Waals surface area contributed by atoms with Crippen molar-refractivity contribution in [2.24, 2.45) is 11.8 Å². The first kappa shape index (κ1) is 29.7. The number of fused-ring (bicyclic) bond motifs is 6. The Hall–Kier alpha value is -4.59. The standard InChI is InChI=1S/C24H24N4O2.C17H20N4O.Na.H2O/c29-23(19-6-2-1-3-7-19)30-17-13-18-10-14-27(15-11-18)22-12-16-28-21-9-5-4-8-20(21)25-24(28)26-22;22-12-8-13-5-9-20(10-6-13)16-7-11-21-15-4-2-1-3-14(15)18-17(21)19-16;;/h1-9,12,16,18H,10-11,13-15,17H2;1-4,7,11,13,22H,5-6,8-10,12H2;;1H2/q;;+1;/p-1/i13D2,17D2;8D2,12D2;;. The Morgan fingerprint density at radius 2 is 1.13 bits per heavy atom. The number of ether oxygens (including phenoxy) is 1. The number of para-hydroxylation sites is 4. The normalized spacial score (nSPS) is 18.4. The first-order valence-corrected chi connectivity index (χ1v) is 17.5. The van der Waals surface area contributed by atoms with Crippen LogP contribution in [0.3, 0.4) is 0 Å². The van der Waals surface area contributed by atoms with E-state index >= 15 is 0 Å².